The smallest absolute Gasteiger partial charge is 0.211 e. The molecule has 0 aliphatic carbocycles. The minimum Gasteiger partial charge on any atom is -0.317 e. The van der Waals surface area contributed by atoms with Crippen LogP contribution in [0.5, 0.6) is 0 Å². The van der Waals surface area contributed by atoms with Crippen LogP contribution >= 0.6 is 0 Å². The maximum atomic E-state index is 11.6. The van der Waals surface area contributed by atoms with Crippen LogP contribution in [0.4, 0.5) is 0 Å². The molecular formula is C10H20N4O2S. The van der Waals surface area contributed by atoms with Gasteiger partial charge in [0.2, 0.25) is 10.0 Å². The zero-order valence-corrected chi connectivity index (χ0v) is 11.1. The van der Waals surface area contributed by atoms with Crippen LogP contribution in [0.2, 0.25) is 0 Å². The van der Waals surface area contributed by atoms with Gasteiger partial charge in [0.25, 0.3) is 0 Å². The minimum absolute atomic E-state index is 0.153. The second kappa shape index (κ2) is 6.73. The molecule has 0 saturated heterocycles. The summed E-state index contributed by atoms with van der Waals surface area (Å²) >= 11 is 0. The minimum atomic E-state index is -3.18. The van der Waals surface area contributed by atoms with E-state index in [1.165, 1.54) is 0 Å². The Hall–Kier alpha value is -0.920. The third-order valence-electron chi connectivity index (χ3n) is 2.27. The molecule has 17 heavy (non-hydrogen) atoms. The molecule has 0 unspecified atom stereocenters. The Morgan fingerprint density at radius 3 is 2.82 bits per heavy atom. The van der Waals surface area contributed by atoms with Crippen LogP contribution in [-0.2, 0) is 23.6 Å². The Morgan fingerprint density at radius 2 is 2.24 bits per heavy atom. The second-order valence-corrected chi connectivity index (χ2v) is 5.80. The summed E-state index contributed by atoms with van der Waals surface area (Å²) in [5.74, 6) is 0.153. The molecule has 1 aromatic rings. The SMILES string of the molecule is CCNCCCS(=O)(=O)NCc1cnn(C)c1. The molecule has 2 N–H and O–H groups in total. The third-order valence-corrected chi connectivity index (χ3v) is 3.68. The first-order valence-corrected chi connectivity index (χ1v) is 7.34. The highest BCUT2D eigenvalue weighted by molar-refractivity contribution is 7.89. The van der Waals surface area contributed by atoms with E-state index in [9.17, 15) is 8.42 Å². The predicted molar refractivity (Wildman–Crippen MR) is 67.0 cm³/mol. The van der Waals surface area contributed by atoms with E-state index in [0.717, 1.165) is 18.7 Å². The summed E-state index contributed by atoms with van der Waals surface area (Å²) < 4.78 is 27.4. The first-order valence-electron chi connectivity index (χ1n) is 5.69. The normalized spacial score (nSPS) is 11.9. The molecule has 1 aromatic heterocycles. The number of aromatic nitrogens is 2. The van der Waals surface area contributed by atoms with Crippen molar-refractivity contribution in [2.45, 2.75) is 19.9 Å². The molecule has 0 aliphatic rings. The van der Waals surface area contributed by atoms with Gasteiger partial charge in [0.1, 0.15) is 0 Å². The van der Waals surface area contributed by atoms with E-state index in [1.54, 1.807) is 24.1 Å². The molecule has 7 heteroatoms. The van der Waals surface area contributed by atoms with Gasteiger partial charge in [0.15, 0.2) is 0 Å². The van der Waals surface area contributed by atoms with Crippen molar-refractivity contribution in [1.29, 1.82) is 0 Å². The summed E-state index contributed by atoms with van der Waals surface area (Å²) in [6, 6.07) is 0. The van der Waals surface area contributed by atoms with Crippen LogP contribution in [-0.4, -0.2) is 37.0 Å². The number of hydrogen-bond acceptors (Lipinski definition) is 4. The van der Waals surface area contributed by atoms with Crippen LogP contribution in [0.25, 0.3) is 0 Å². The molecule has 1 heterocycles. The van der Waals surface area contributed by atoms with Gasteiger partial charge in [0, 0.05) is 25.4 Å². The monoisotopic (exact) mass is 260 g/mol. The van der Waals surface area contributed by atoms with Gasteiger partial charge in [-0.1, -0.05) is 6.92 Å². The Balaban J connectivity index is 2.29. The van der Waals surface area contributed by atoms with Crippen molar-refractivity contribution in [2.75, 3.05) is 18.8 Å². The summed E-state index contributed by atoms with van der Waals surface area (Å²) in [5, 5.41) is 7.07. The highest BCUT2D eigenvalue weighted by Crippen LogP contribution is 1.97. The molecule has 0 radical (unpaired) electrons. The number of nitrogens with zero attached hydrogens (tertiary/aromatic N) is 2. The lowest BCUT2D eigenvalue weighted by Gasteiger charge is -2.05. The van der Waals surface area contributed by atoms with Crippen LogP contribution < -0.4 is 10.0 Å². The standard InChI is InChI=1S/C10H20N4O2S/c1-3-11-5-4-6-17(15,16)13-8-10-7-12-14(2)9-10/h7,9,11,13H,3-6,8H2,1-2H3. The van der Waals surface area contributed by atoms with E-state index in [2.05, 4.69) is 15.1 Å². The van der Waals surface area contributed by atoms with Crippen molar-refractivity contribution in [2.24, 2.45) is 7.05 Å². The average molecular weight is 260 g/mol. The van der Waals surface area contributed by atoms with Crippen LogP contribution in [0.3, 0.4) is 0 Å². The molecular weight excluding hydrogens is 240 g/mol. The lowest BCUT2D eigenvalue weighted by molar-refractivity contribution is 0.575. The zero-order valence-electron chi connectivity index (χ0n) is 10.3. The fraction of sp³-hybridized carbons (Fsp3) is 0.700. The fourth-order valence-electron chi connectivity index (χ4n) is 1.39. The third kappa shape index (κ3) is 5.81. The number of nitrogens with one attached hydrogen (secondary N) is 2. The molecule has 98 valence electrons. The largest absolute Gasteiger partial charge is 0.317 e. The van der Waals surface area contributed by atoms with Gasteiger partial charge in [-0.05, 0) is 19.5 Å². The molecule has 0 spiro atoms. The quantitative estimate of drug-likeness (QED) is 0.637. The fourth-order valence-corrected chi connectivity index (χ4v) is 2.45. The van der Waals surface area contributed by atoms with Gasteiger partial charge in [-0.2, -0.15) is 5.10 Å². The van der Waals surface area contributed by atoms with Gasteiger partial charge < -0.3 is 5.32 Å². The molecule has 6 nitrogen and oxygen atoms in total. The van der Waals surface area contributed by atoms with E-state index in [1.807, 2.05) is 6.92 Å². The lowest BCUT2D eigenvalue weighted by Crippen LogP contribution is -2.27. The predicted octanol–water partition coefficient (Wildman–Crippen LogP) is -0.161. The van der Waals surface area contributed by atoms with Gasteiger partial charge in [-0.3, -0.25) is 4.68 Å². The van der Waals surface area contributed by atoms with E-state index in [-0.39, 0.29) is 5.75 Å². The van der Waals surface area contributed by atoms with Crippen molar-refractivity contribution in [3.63, 3.8) is 0 Å². The molecule has 1 rings (SSSR count). The Bertz CT molecular complexity index is 427. The van der Waals surface area contributed by atoms with Gasteiger partial charge in [-0.25, -0.2) is 13.1 Å². The molecule has 0 saturated carbocycles. The summed E-state index contributed by atoms with van der Waals surface area (Å²) in [4.78, 5) is 0. The van der Waals surface area contributed by atoms with Crippen molar-refractivity contribution in [3.8, 4) is 0 Å². The summed E-state index contributed by atoms with van der Waals surface area (Å²) in [7, 11) is -1.38. The maximum absolute atomic E-state index is 11.6. The second-order valence-electron chi connectivity index (χ2n) is 3.87. The van der Waals surface area contributed by atoms with Gasteiger partial charge in [0.05, 0.1) is 11.9 Å². The zero-order chi connectivity index (χ0) is 12.7. The molecule has 0 aromatic carbocycles. The highest BCUT2D eigenvalue weighted by atomic mass is 32.2. The molecule has 0 bridgehead atoms. The first kappa shape index (κ1) is 14.1. The van der Waals surface area contributed by atoms with Crippen molar-refractivity contribution >= 4 is 10.0 Å². The topological polar surface area (TPSA) is 76.0 Å². The van der Waals surface area contributed by atoms with Crippen molar-refractivity contribution in [1.82, 2.24) is 19.8 Å². The molecule has 0 atom stereocenters. The van der Waals surface area contributed by atoms with Crippen LogP contribution in [0.1, 0.15) is 18.9 Å². The molecule has 0 aliphatic heterocycles. The van der Waals surface area contributed by atoms with Crippen LogP contribution in [0, 0.1) is 0 Å². The molecule has 0 amide bonds. The van der Waals surface area contributed by atoms with E-state index < -0.39 is 10.0 Å². The van der Waals surface area contributed by atoms with Gasteiger partial charge in [-0.15, -0.1) is 0 Å². The number of sulfonamides is 1. The Labute approximate surface area is 102 Å². The summed E-state index contributed by atoms with van der Waals surface area (Å²) in [5.41, 5.74) is 0.864. The maximum Gasteiger partial charge on any atom is 0.211 e. The van der Waals surface area contributed by atoms with E-state index in [4.69, 9.17) is 0 Å². The summed E-state index contributed by atoms with van der Waals surface area (Å²) in [6.07, 6.45) is 4.07. The Morgan fingerprint density at radius 1 is 1.47 bits per heavy atom. The van der Waals surface area contributed by atoms with E-state index in [0.29, 0.717) is 13.0 Å². The average Bonchev–Trinajstić information content (AvgIpc) is 2.68. The summed E-state index contributed by atoms with van der Waals surface area (Å²) in [6.45, 7) is 3.89. The highest BCUT2D eigenvalue weighted by Gasteiger charge is 2.09. The van der Waals surface area contributed by atoms with Crippen molar-refractivity contribution in [3.05, 3.63) is 18.0 Å². The number of hydrogen-bond donors (Lipinski definition) is 2. The van der Waals surface area contributed by atoms with Crippen molar-refractivity contribution < 1.29 is 8.42 Å². The number of aryl methyl sites for hydroxylation is 1. The van der Waals surface area contributed by atoms with Crippen LogP contribution in [0.15, 0.2) is 12.4 Å². The lowest BCUT2D eigenvalue weighted by atomic mass is 10.4. The molecule has 0 fully saturated rings. The van der Waals surface area contributed by atoms with Gasteiger partial charge >= 0.3 is 0 Å². The van der Waals surface area contributed by atoms with E-state index >= 15 is 0 Å². The first-order chi connectivity index (χ1) is 8.03. The Kier molecular flexibility index (Phi) is 5.60. The number of rotatable bonds is 8.